The molecule has 3 amide bonds. The standard InChI is InChI=1S/C21H22ClN3O3/c1-13-11-16(13)20(27)23-15-9-7-14(8-10-15)21(28)25(2)12-19(26)24-18-6-4-3-5-17(18)22/h3-10,13,16H,11-12H2,1-2H3,(H,23,27)(H,24,26). The number of amides is 3. The molecule has 0 aromatic heterocycles. The predicted octanol–water partition coefficient (Wildman–Crippen LogP) is 3.65. The molecule has 1 saturated carbocycles. The normalized spacial score (nSPS) is 17.5. The number of nitrogens with zero attached hydrogens (tertiary/aromatic N) is 1. The van der Waals surface area contributed by atoms with Gasteiger partial charge in [0.25, 0.3) is 5.91 Å². The molecule has 0 aliphatic heterocycles. The fourth-order valence-electron chi connectivity index (χ4n) is 2.88. The number of halogens is 1. The van der Waals surface area contributed by atoms with Crippen LogP contribution in [0.25, 0.3) is 0 Å². The maximum atomic E-state index is 12.5. The van der Waals surface area contributed by atoms with Crippen molar-refractivity contribution in [2.24, 2.45) is 11.8 Å². The van der Waals surface area contributed by atoms with Crippen LogP contribution in [0.15, 0.2) is 48.5 Å². The second-order valence-electron chi connectivity index (χ2n) is 7.08. The maximum Gasteiger partial charge on any atom is 0.254 e. The minimum absolute atomic E-state index is 0.0138. The Morgan fingerprint density at radius 2 is 1.71 bits per heavy atom. The molecule has 0 heterocycles. The van der Waals surface area contributed by atoms with Crippen molar-refractivity contribution in [3.63, 3.8) is 0 Å². The summed E-state index contributed by atoms with van der Waals surface area (Å²) in [6.45, 7) is 1.94. The Labute approximate surface area is 168 Å². The smallest absolute Gasteiger partial charge is 0.254 e. The minimum Gasteiger partial charge on any atom is -0.332 e. The van der Waals surface area contributed by atoms with Crippen molar-refractivity contribution in [2.45, 2.75) is 13.3 Å². The number of hydrogen-bond acceptors (Lipinski definition) is 3. The van der Waals surface area contributed by atoms with E-state index in [1.807, 2.05) is 6.92 Å². The fourth-order valence-corrected chi connectivity index (χ4v) is 3.06. The Balaban J connectivity index is 1.54. The number of para-hydroxylation sites is 1. The molecule has 2 N–H and O–H groups in total. The third-order valence-electron chi connectivity index (χ3n) is 4.72. The van der Waals surface area contributed by atoms with Crippen molar-refractivity contribution in [1.29, 1.82) is 0 Å². The lowest BCUT2D eigenvalue weighted by Gasteiger charge is -2.17. The third-order valence-corrected chi connectivity index (χ3v) is 5.05. The maximum absolute atomic E-state index is 12.5. The Kier molecular flexibility index (Phi) is 5.99. The predicted molar refractivity (Wildman–Crippen MR) is 109 cm³/mol. The number of rotatable bonds is 6. The van der Waals surface area contributed by atoms with Crippen LogP contribution in [-0.2, 0) is 9.59 Å². The highest BCUT2D eigenvalue weighted by Gasteiger charge is 2.39. The molecule has 0 radical (unpaired) electrons. The molecule has 1 aliphatic carbocycles. The average molecular weight is 400 g/mol. The zero-order chi connectivity index (χ0) is 20.3. The van der Waals surface area contributed by atoms with E-state index in [0.29, 0.717) is 27.9 Å². The highest BCUT2D eigenvalue weighted by atomic mass is 35.5. The van der Waals surface area contributed by atoms with Gasteiger partial charge < -0.3 is 15.5 Å². The molecule has 146 valence electrons. The van der Waals surface area contributed by atoms with E-state index in [-0.39, 0.29) is 30.2 Å². The van der Waals surface area contributed by atoms with Gasteiger partial charge in [-0.2, -0.15) is 0 Å². The zero-order valence-corrected chi connectivity index (χ0v) is 16.5. The molecule has 1 fully saturated rings. The lowest BCUT2D eigenvalue weighted by atomic mass is 10.1. The van der Waals surface area contributed by atoms with Crippen molar-refractivity contribution < 1.29 is 14.4 Å². The number of nitrogens with one attached hydrogen (secondary N) is 2. The zero-order valence-electron chi connectivity index (χ0n) is 15.7. The van der Waals surface area contributed by atoms with Crippen molar-refractivity contribution >= 4 is 40.7 Å². The number of anilines is 2. The van der Waals surface area contributed by atoms with Gasteiger partial charge in [0.15, 0.2) is 0 Å². The number of likely N-dealkylation sites (N-methyl/N-ethyl adjacent to an activating group) is 1. The molecule has 1 aliphatic rings. The first-order valence-corrected chi connectivity index (χ1v) is 9.43. The Morgan fingerprint density at radius 1 is 1.07 bits per heavy atom. The van der Waals surface area contributed by atoms with Gasteiger partial charge in [-0.25, -0.2) is 0 Å². The lowest BCUT2D eigenvalue weighted by Crippen LogP contribution is -2.35. The molecular formula is C21H22ClN3O3. The highest BCUT2D eigenvalue weighted by molar-refractivity contribution is 6.33. The summed E-state index contributed by atoms with van der Waals surface area (Å²) in [7, 11) is 1.55. The van der Waals surface area contributed by atoms with E-state index >= 15 is 0 Å². The van der Waals surface area contributed by atoms with Crippen LogP contribution in [0.4, 0.5) is 11.4 Å². The van der Waals surface area contributed by atoms with Gasteiger partial charge in [-0.15, -0.1) is 0 Å². The molecule has 6 nitrogen and oxygen atoms in total. The third kappa shape index (κ3) is 4.89. The molecule has 2 atom stereocenters. The van der Waals surface area contributed by atoms with Gasteiger partial charge in [-0.05, 0) is 48.7 Å². The number of hydrogen-bond donors (Lipinski definition) is 2. The first-order valence-electron chi connectivity index (χ1n) is 9.06. The number of benzene rings is 2. The van der Waals surface area contributed by atoms with Crippen molar-refractivity contribution in [1.82, 2.24) is 4.90 Å². The molecule has 7 heteroatoms. The van der Waals surface area contributed by atoms with Gasteiger partial charge in [0.2, 0.25) is 11.8 Å². The molecule has 0 spiro atoms. The summed E-state index contributed by atoms with van der Waals surface area (Å²) in [5.74, 6) is -0.0928. The summed E-state index contributed by atoms with van der Waals surface area (Å²) >= 11 is 6.02. The highest BCUT2D eigenvalue weighted by Crippen LogP contribution is 2.38. The first kappa shape index (κ1) is 19.9. The van der Waals surface area contributed by atoms with Crippen LogP contribution >= 0.6 is 11.6 Å². The molecule has 3 rings (SSSR count). The molecule has 2 unspecified atom stereocenters. The monoisotopic (exact) mass is 399 g/mol. The molecule has 0 saturated heterocycles. The summed E-state index contributed by atoms with van der Waals surface area (Å²) in [6, 6.07) is 13.6. The average Bonchev–Trinajstić information content (AvgIpc) is 3.40. The van der Waals surface area contributed by atoms with Crippen LogP contribution in [0.5, 0.6) is 0 Å². The second-order valence-corrected chi connectivity index (χ2v) is 7.48. The molecule has 0 bridgehead atoms. The van der Waals surface area contributed by atoms with Gasteiger partial charge in [0.1, 0.15) is 0 Å². The Hall–Kier alpha value is -2.86. The van der Waals surface area contributed by atoms with Crippen LogP contribution in [-0.4, -0.2) is 36.2 Å². The van der Waals surface area contributed by atoms with E-state index in [9.17, 15) is 14.4 Å². The summed E-state index contributed by atoms with van der Waals surface area (Å²) < 4.78 is 0. The summed E-state index contributed by atoms with van der Waals surface area (Å²) in [5, 5.41) is 5.97. The van der Waals surface area contributed by atoms with Crippen molar-refractivity contribution in [3.05, 3.63) is 59.1 Å². The summed E-state index contributed by atoms with van der Waals surface area (Å²) in [6.07, 6.45) is 0.920. The summed E-state index contributed by atoms with van der Waals surface area (Å²) in [4.78, 5) is 38.0. The number of carbonyl (C=O) groups is 3. The topological polar surface area (TPSA) is 78.5 Å². The molecule has 2 aromatic carbocycles. The van der Waals surface area contributed by atoms with E-state index in [0.717, 1.165) is 6.42 Å². The van der Waals surface area contributed by atoms with Crippen LogP contribution in [0.3, 0.4) is 0 Å². The van der Waals surface area contributed by atoms with Crippen molar-refractivity contribution in [2.75, 3.05) is 24.2 Å². The van der Waals surface area contributed by atoms with E-state index < -0.39 is 0 Å². The lowest BCUT2D eigenvalue weighted by molar-refractivity contribution is -0.118. The summed E-state index contributed by atoms with van der Waals surface area (Å²) in [5.41, 5.74) is 1.59. The quantitative estimate of drug-likeness (QED) is 0.778. The fraction of sp³-hybridized carbons (Fsp3) is 0.286. The van der Waals surface area contributed by atoms with E-state index in [4.69, 9.17) is 11.6 Å². The van der Waals surface area contributed by atoms with Crippen LogP contribution < -0.4 is 10.6 Å². The van der Waals surface area contributed by atoms with Crippen molar-refractivity contribution in [3.8, 4) is 0 Å². The molecule has 28 heavy (non-hydrogen) atoms. The van der Waals surface area contributed by atoms with Gasteiger partial charge in [0, 0.05) is 24.2 Å². The van der Waals surface area contributed by atoms with E-state index in [1.54, 1.807) is 55.6 Å². The number of carbonyl (C=O) groups excluding carboxylic acids is 3. The molecule has 2 aromatic rings. The van der Waals surface area contributed by atoms with Gasteiger partial charge >= 0.3 is 0 Å². The van der Waals surface area contributed by atoms with E-state index in [2.05, 4.69) is 10.6 Å². The first-order chi connectivity index (χ1) is 13.3. The SMILES string of the molecule is CC1CC1C(=O)Nc1ccc(C(=O)N(C)CC(=O)Nc2ccccc2Cl)cc1. The van der Waals surface area contributed by atoms with Crippen LogP contribution in [0.1, 0.15) is 23.7 Å². The van der Waals surface area contributed by atoms with Gasteiger partial charge in [-0.3, -0.25) is 14.4 Å². The Bertz CT molecular complexity index is 898. The molecular weight excluding hydrogens is 378 g/mol. The van der Waals surface area contributed by atoms with Gasteiger partial charge in [0.05, 0.1) is 17.3 Å². The van der Waals surface area contributed by atoms with E-state index in [1.165, 1.54) is 4.90 Å². The minimum atomic E-state index is -0.341. The largest absolute Gasteiger partial charge is 0.332 e. The second kappa shape index (κ2) is 8.44. The van der Waals surface area contributed by atoms with Gasteiger partial charge in [-0.1, -0.05) is 30.7 Å². The Morgan fingerprint density at radius 3 is 2.32 bits per heavy atom. The van der Waals surface area contributed by atoms with Crippen LogP contribution in [0, 0.1) is 11.8 Å². The van der Waals surface area contributed by atoms with Crippen LogP contribution in [0.2, 0.25) is 5.02 Å².